The molecule has 31 nitrogen and oxygen atoms in total. The summed E-state index contributed by atoms with van der Waals surface area (Å²) in [7, 11) is 0. The third kappa shape index (κ3) is 10.6. The predicted octanol–water partition coefficient (Wildman–Crippen LogP) is 0.249. The Hall–Kier alpha value is -7.85. The van der Waals surface area contributed by atoms with E-state index in [1.807, 2.05) is 0 Å². The van der Waals surface area contributed by atoms with Crippen molar-refractivity contribution >= 4 is 68.5 Å². The summed E-state index contributed by atoms with van der Waals surface area (Å²) in [4.78, 5) is 82.5. The third-order valence-electron chi connectivity index (χ3n) is 4.92. The first-order chi connectivity index (χ1) is 22.0. The standard InChI is InChI=1S/3C6H3N3O7.Al.H2O/c3*10-6-4(8(13)14)1-3(7(11)12)2-5(6)9(15)16;;/h3*1-2,10H;;1H2/q;;;+3;/p-3. The molecule has 0 fully saturated rings. The van der Waals surface area contributed by atoms with Gasteiger partial charge in [0.25, 0.3) is 51.2 Å². The molecular weight excluding hydrogens is 721 g/mol. The zero-order valence-electron chi connectivity index (χ0n) is 23.1. The van der Waals surface area contributed by atoms with Crippen molar-refractivity contribution in [3.8, 4) is 17.2 Å². The van der Waals surface area contributed by atoms with E-state index in [9.17, 15) is 106 Å². The van der Waals surface area contributed by atoms with Crippen molar-refractivity contribution in [2.45, 2.75) is 0 Å². The van der Waals surface area contributed by atoms with Crippen LogP contribution in [0.3, 0.4) is 0 Å². The molecule has 0 aromatic heterocycles. The molecule has 0 aliphatic carbocycles. The molecule has 0 spiro atoms. The van der Waals surface area contributed by atoms with E-state index in [0.717, 1.165) is 0 Å². The second-order valence-electron chi connectivity index (χ2n) is 7.75. The fourth-order valence-corrected chi connectivity index (χ4v) is 2.88. The molecule has 0 radical (unpaired) electrons. The first kappa shape index (κ1) is 44.3. The molecule has 0 unspecified atom stereocenters. The van der Waals surface area contributed by atoms with E-state index in [1.165, 1.54) is 0 Å². The number of rotatable bonds is 9. The van der Waals surface area contributed by atoms with E-state index in [2.05, 4.69) is 0 Å². The summed E-state index contributed by atoms with van der Waals surface area (Å²) >= 11 is 0. The number of benzene rings is 3. The van der Waals surface area contributed by atoms with Crippen molar-refractivity contribution in [2.75, 3.05) is 0 Å². The normalized spacial score (nSPS) is 9.36. The summed E-state index contributed by atoms with van der Waals surface area (Å²) in [6.07, 6.45) is 0. The summed E-state index contributed by atoms with van der Waals surface area (Å²) in [5.41, 5.74) is -9.79. The molecular formula is C18H8AlN9O22. The fourth-order valence-electron chi connectivity index (χ4n) is 2.88. The number of nitro groups is 9. The van der Waals surface area contributed by atoms with Crippen molar-refractivity contribution in [1.29, 1.82) is 0 Å². The molecule has 0 saturated heterocycles. The van der Waals surface area contributed by atoms with Crippen molar-refractivity contribution in [3.63, 3.8) is 0 Å². The molecule has 3 aromatic carbocycles. The predicted molar refractivity (Wildman–Crippen MR) is 147 cm³/mol. The Bertz CT molecular complexity index is 1610. The van der Waals surface area contributed by atoms with Crippen LogP contribution in [0.25, 0.3) is 0 Å². The summed E-state index contributed by atoms with van der Waals surface area (Å²) < 4.78 is 0. The Morgan fingerprint density at radius 3 is 0.500 bits per heavy atom. The molecule has 32 heteroatoms. The molecule has 3 aromatic rings. The average Bonchev–Trinajstić information content (AvgIpc) is 2.96. The van der Waals surface area contributed by atoms with Gasteiger partial charge < -0.3 is 20.8 Å². The van der Waals surface area contributed by atoms with Crippen molar-refractivity contribution in [1.82, 2.24) is 0 Å². The summed E-state index contributed by atoms with van der Waals surface area (Å²) in [6, 6.07) is 2.31. The van der Waals surface area contributed by atoms with E-state index < -0.39 is 113 Å². The Morgan fingerprint density at radius 2 is 0.420 bits per heavy atom. The van der Waals surface area contributed by atoms with Crippen LogP contribution >= 0.6 is 0 Å². The molecule has 0 heterocycles. The molecule has 3 rings (SSSR count). The quantitative estimate of drug-likeness (QED) is 0.162. The van der Waals surface area contributed by atoms with Crippen LogP contribution in [0.5, 0.6) is 17.2 Å². The van der Waals surface area contributed by atoms with Crippen molar-refractivity contribution in [3.05, 3.63) is 127 Å². The molecule has 2 N–H and O–H groups in total. The summed E-state index contributed by atoms with van der Waals surface area (Å²) in [5.74, 6) is -4.37. The molecule has 0 saturated carbocycles. The Morgan fingerprint density at radius 1 is 0.300 bits per heavy atom. The number of hydrogen-bond acceptors (Lipinski definition) is 21. The number of nitrogens with zero attached hydrogens (tertiary/aromatic N) is 9. The van der Waals surface area contributed by atoms with Crippen LogP contribution in [0.4, 0.5) is 51.2 Å². The average molecular weight is 729 g/mol. The van der Waals surface area contributed by atoms with Crippen LogP contribution in [-0.2, 0) is 0 Å². The summed E-state index contributed by atoms with van der Waals surface area (Å²) in [5, 5.41) is 126. The fraction of sp³-hybridized carbons (Fsp3) is 0. The monoisotopic (exact) mass is 729 g/mol. The SMILES string of the molecule is O.O=[N+]([O-])c1cc([N+](=O)[O-])c([O-])c([N+](=O)[O-])c1.O=[N+]([O-])c1cc([N+](=O)[O-])c([O-])c([N+](=O)[O-])c1.O=[N+]([O-])c1cc([N+](=O)[O-])c([O-])c([N+](=O)[O-])c1.[Al+3]. The van der Waals surface area contributed by atoms with E-state index in [1.54, 1.807) is 0 Å². The third-order valence-corrected chi connectivity index (χ3v) is 4.92. The minimum absolute atomic E-state index is 0. The maximum absolute atomic E-state index is 11.1. The van der Waals surface area contributed by atoms with E-state index in [0.29, 0.717) is 36.4 Å². The van der Waals surface area contributed by atoms with Gasteiger partial charge in [-0.1, -0.05) is 0 Å². The topological polar surface area (TPSA) is 489 Å². The summed E-state index contributed by atoms with van der Waals surface area (Å²) in [6.45, 7) is 0. The van der Waals surface area contributed by atoms with Gasteiger partial charge in [-0.05, 0) is 0 Å². The van der Waals surface area contributed by atoms with E-state index in [4.69, 9.17) is 0 Å². The van der Waals surface area contributed by atoms with Crippen LogP contribution in [0.2, 0.25) is 0 Å². The van der Waals surface area contributed by atoms with Gasteiger partial charge in [0, 0.05) is 0 Å². The smallest absolute Gasteiger partial charge is 0.863 e. The van der Waals surface area contributed by atoms with E-state index >= 15 is 0 Å². The minimum Gasteiger partial charge on any atom is -0.863 e. The zero-order valence-corrected chi connectivity index (χ0v) is 24.3. The molecule has 0 aliphatic rings. The van der Waals surface area contributed by atoms with E-state index in [-0.39, 0.29) is 22.8 Å². The van der Waals surface area contributed by atoms with Crippen LogP contribution in [0.15, 0.2) is 36.4 Å². The van der Waals surface area contributed by atoms with Gasteiger partial charge in [-0.3, -0.25) is 91.0 Å². The number of nitro benzene ring substituents is 9. The molecule has 0 atom stereocenters. The van der Waals surface area contributed by atoms with Crippen LogP contribution in [-0.4, -0.2) is 67.1 Å². The zero-order chi connectivity index (χ0) is 37.4. The largest absolute Gasteiger partial charge is 3.00 e. The first-order valence-electron chi connectivity index (χ1n) is 10.9. The molecule has 0 amide bonds. The number of hydrogen-bond donors (Lipinski definition) is 0. The van der Waals surface area contributed by atoms with Gasteiger partial charge in [0.2, 0.25) is 0 Å². The van der Waals surface area contributed by atoms with Gasteiger partial charge in [0.15, 0.2) is 0 Å². The first-order valence-corrected chi connectivity index (χ1v) is 10.9. The van der Waals surface area contributed by atoms with Crippen LogP contribution in [0, 0.1) is 91.0 Å². The van der Waals surface area contributed by atoms with Crippen molar-refractivity contribution < 1.29 is 65.1 Å². The van der Waals surface area contributed by atoms with Crippen LogP contribution < -0.4 is 15.3 Å². The van der Waals surface area contributed by atoms with Gasteiger partial charge in [0.1, 0.15) is 0 Å². The molecule has 50 heavy (non-hydrogen) atoms. The maximum Gasteiger partial charge on any atom is 3.00 e. The van der Waals surface area contributed by atoms with Gasteiger partial charge in [-0.15, -0.1) is 0 Å². The Kier molecular flexibility index (Phi) is 15.7. The molecule has 260 valence electrons. The Labute approximate surface area is 278 Å². The van der Waals surface area contributed by atoms with Crippen molar-refractivity contribution in [2.24, 2.45) is 0 Å². The molecule has 0 bridgehead atoms. The van der Waals surface area contributed by atoms with Gasteiger partial charge in [0.05, 0.1) is 98.0 Å². The number of non-ortho nitro benzene ring substituents is 3. The maximum atomic E-state index is 11.1. The second kappa shape index (κ2) is 17.7. The minimum atomic E-state index is -1.46. The Balaban J connectivity index is 0. The second-order valence-corrected chi connectivity index (χ2v) is 7.75. The van der Waals surface area contributed by atoms with Gasteiger partial charge >= 0.3 is 17.4 Å². The van der Waals surface area contributed by atoms with Crippen LogP contribution in [0.1, 0.15) is 0 Å². The molecule has 0 aliphatic heterocycles. The van der Waals surface area contributed by atoms with Gasteiger partial charge in [-0.2, -0.15) is 0 Å². The van der Waals surface area contributed by atoms with Gasteiger partial charge in [-0.25, -0.2) is 0 Å².